The number of benzene rings is 1. The van der Waals surface area contributed by atoms with Gasteiger partial charge in [-0.05, 0) is 36.4 Å². The Morgan fingerprint density at radius 1 is 1.20 bits per heavy atom. The van der Waals surface area contributed by atoms with Gasteiger partial charge in [-0.15, -0.1) is 0 Å². The Labute approximate surface area is 122 Å². The Kier molecular flexibility index (Phi) is 5.30. The van der Waals surface area contributed by atoms with Crippen LogP contribution < -0.4 is 15.2 Å². The van der Waals surface area contributed by atoms with E-state index in [9.17, 15) is 0 Å². The third-order valence-corrected chi connectivity index (χ3v) is 4.79. The molecular formula is C17H27NO2. The molecule has 0 radical (unpaired) electrons. The highest BCUT2D eigenvalue weighted by molar-refractivity contribution is 5.43. The van der Waals surface area contributed by atoms with Gasteiger partial charge in [0.15, 0.2) is 0 Å². The smallest absolute Gasteiger partial charge is 0.126 e. The molecule has 1 aliphatic rings. The Morgan fingerprint density at radius 2 is 1.95 bits per heavy atom. The topological polar surface area (TPSA) is 44.5 Å². The summed E-state index contributed by atoms with van der Waals surface area (Å²) in [5.74, 6) is 3.52. The Bertz CT molecular complexity index is 433. The van der Waals surface area contributed by atoms with Gasteiger partial charge in [0.2, 0.25) is 0 Å². The normalized spacial score (nSPS) is 24.2. The van der Waals surface area contributed by atoms with E-state index in [2.05, 4.69) is 13.0 Å². The van der Waals surface area contributed by atoms with Crippen molar-refractivity contribution in [2.45, 2.75) is 38.5 Å². The highest BCUT2D eigenvalue weighted by atomic mass is 16.5. The summed E-state index contributed by atoms with van der Waals surface area (Å²) in [7, 11) is 3.40. The summed E-state index contributed by atoms with van der Waals surface area (Å²) in [6, 6.07) is 6.09. The number of hydrogen-bond acceptors (Lipinski definition) is 3. The highest BCUT2D eigenvalue weighted by Crippen LogP contribution is 2.42. The van der Waals surface area contributed by atoms with Gasteiger partial charge in [0.1, 0.15) is 11.5 Å². The molecule has 112 valence electrons. The molecule has 3 unspecified atom stereocenters. The van der Waals surface area contributed by atoms with E-state index in [0.29, 0.717) is 18.4 Å². The third kappa shape index (κ3) is 3.09. The van der Waals surface area contributed by atoms with Crippen LogP contribution in [-0.4, -0.2) is 20.8 Å². The van der Waals surface area contributed by atoms with Crippen molar-refractivity contribution in [3.8, 4) is 11.5 Å². The Morgan fingerprint density at radius 3 is 2.55 bits per heavy atom. The van der Waals surface area contributed by atoms with Crippen molar-refractivity contribution in [1.82, 2.24) is 0 Å². The standard InChI is InChI=1S/C17H27NO2/c1-12-6-4-5-7-14(12)16(11-18)15-9-8-13(19-2)10-17(15)20-3/h8-10,12,14,16H,4-7,11,18H2,1-3H3. The molecule has 0 aromatic heterocycles. The molecule has 0 aliphatic heterocycles. The van der Waals surface area contributed by atoms with E-state index in [-0.39, 0.29) is 0 Å². The third-order valence-electron chi connectivity index (χ3n) is 4.79. The van der Waals surface area contributed by atoms with Crippen molar-refractivity contribution in [2.75, 3.05) is 20.8 Å². The molecule has 1 fully saturated rings. The first-order chi connectivity index (χ1) is 9.71. The zero-order valence-electron chi connectivity index (χ0n) is 12.9. The summed E-state index contributed by atoms with van der Waals surface area (Å²) in [5, 5.41) is 0. The molecule has 1 saturated carbocycles. The van der Waals surface area contributed by atoms with Crippen molar-refractivity contribution in [2.24, 2.45) is 17.6 Å². The largest absolute Gasteiger partial charge is 0.497 e. The van der Waals surface area contributed by atoms with E-state index >= 15 is 0 Å². The van der Waals surface area contributed by atoms with E-state index in [1.54, 1.807) is 14.2 Å². The van der Waals surface area contributed by atoms with Gasteiger partial charge in [-0.1, -0.05) is 32.3 Å². The second kappa shape index (κ2) is 6.98. The number of nitrogens with two attached hydrogens (primary N) is 1. The van der Waals surface area contributed by atoms with Crippen molar-refractivity contribution in [3.63, 3.8) is 0 Å². The summed E-state index contributed by atoms with van der Waals surface area (Å²) in [4.78, 5) is 0. The van der Waals surface area contributed by atoms with Crippen LogP contribution in [-0.2, 0) is 0 Å². The summed E-state index contributed by atoms with van der Waals surface area (Å²) in [6.07, 6.45) is 5.27. The van der Waals surface area contributed by atoms with Crippen LogP contribution >= 0.6 is 0 Å². The van der Waals surface area contributed by atoms with Gasteiger partial charge in [0, 0.05) is 12.0 Å². The zero-order chi connectivity index (χ0) is 14.5. The molecule has 2 rings (SSSR count). The monoisotopic (exact) mass is 277 g/mol. The zero-order valence-corrected chi connectivity index (χ0v) is 12.9. The molecule has 1 aliphatic carbocycles. The summed E-state index contributed by atoms with van der Waals surface area (Å²) >= 11 is 0. The lowest BCUT2D eigenvalue weighted by atomic mass is 9.71. The summed E-state index contributed by atoms with van der Waals surface area (Å²) < 4.78 is 10.8. The maximum absolute atomic E-state index is 6.11. The SMILES string of the molecule is COc1ccc(C(CN)C2CCCCC2C)c(OC)c1. The van der Waals surface area contributed by atoms with Crippen LogP contribution in [0.5, 0.6) is 11.5 Å². The second-order valence-electron chi connectivity index (χ2n) is 5.88. The molecule has 1 aromatic rings. The number of ether oxygens (including phenoxy) is 2. The van der Waals surface area contributed by atoms with Crippen LogP contribution in [0.2, 0.25) is 0 Å². The molecule has 1 aromatic carbocycles. The molecule has 0 bridgehead atoms. The molecular weight excluding hydrogens is 250 g/mol. The van der Waals surface area contributed by atoms with Gasteiger partial charge in [0.25, 0.3) is 0 Å². The van der Waals surface area contributed by atoms with E-state index in [4.69, 9.17) is 15.2 Å². The van der Waals surface area contributed by atoms with Gasteiger partial charge in [-0.2, -0.15) is 0 Å². The van der Waals surface area contributed by atoms with Crippen molar-refractivity contribution >= 4 is 0 Å². The Balaban J connectivity index is 2.30. The molecule has 3 atom stereocenters. The molecule has 0 saturated heterocycles. The van der Waals surface area contributed by atoms with E-state index < -0.39 is 0 Å². The lowest BCUT2D eigenvalue weighted by Gasteiger charge is -2.35. The van der Waals surface area contributed by atoms with Gasteiger partial charge >= 0.3 is 0 Å². The number of hydrogen-bond donors (Lipinski definition) is 1. The van der Waals surface area contributed by atoms with Crippen LogP contribution in [0.25, 0.3) is 0 Å². The average Bonchev–Trinajstić information content (AvgIpc) is 2.50. The van der Waals surface area contributed by atoms with Crippen molar-refractivity contribution in [3.05, 3.63) is 23.8 Å². The Hall–Kier alpha value is -1.22. The minimum Gasteiger partial charge on any atom is -0.497 e. The van der Waals surface area contributed by atoms with Gasteiger partial charge in [-0.25, -0.2) is 0 Å². The van der Waals surface area contributed by atoms with E-state index in [1.807, 2.05) is 12.1 Å². The van der Waals surface area contributed by atoms with Crippen molar-refractivity contribution < 1.29 is 9.47 Å². The molecule has 3 heteroatoms. The molecule has 0 spiro atoms. The maximum Gasteiger partial charge on any atom is 0.126 e. The summed E-state index contributed by atoms with van der Waals surface area (Å²) in [5.41, 5.74) is 7.34. The molecule has 2 N–H and O–H groups in total. The minimum absolute atomic E-state index is 0.381. The van der Waals surface area contributed by atoms with Crippen LogP contribution in [0, 0.1) is 11.8 Å². The first kappa shape index (κ1) is 15.2. The lowest BCUT2D eigenvalue weighted by Crippen LogP contribution is -2.29. The predicted molar refractivity (Wildman–Crippen MR) is 82.5 cm³/mol. The second-order valence-corrected chi connectivity index (χ2v) is 5.88. The first-order valence-corrected chi connectivity index (χ1v) is 7.63. The molecule has 0 amide bonds. The van der Waals surface area contributed by atoms with Gasteiger partial charge in [0.05, 0.1) is 14.2 Å². The number of methoxy groups -OCH3 is 2. The quantitative estimate of drug-likeness (QED) is 0.894. The van der Waals surface area contributed by atoms with Crippen molar-refractivity contribution in [1.29, 1.82) is 0 Å². The van der Waals surface area contributed by atoms with Crippen LogP contribution in [0.3, 0.4) is 0 Å². The van der Waals surface area contributed by atoms with Crippen LogP contribution in [0.4, 0.5) is 0 Å². The average molecular weight is 277 g/mol. The first-order valence-electron chi connectivity index (χ1n) is 7.63. The molecule has 20 heavy (non-hydrogen) atoms. The van der Waals surface area contributed by atoms with Crippen LogP contribution in [0.15, 0.2) is 18.2 Å². The fraction of sp³-hybridized carbons (Fsp3) is 0.647. The lowest BCUT2D eigenvalue weighted by molar-refractivity contribution is 0.216. The predicted octanol–water partition coefficient (Wildman–Crippen LogP) is 3.57. The summed E-state index contributed by atoms with van der Waals surface area (Å²) in [6.45, 7) is 3.04. The molecule has 0 heterocycles. The minimum atomic E-state index is 0.381. The maximum atomic E-state index is 6.11. The van der Waals surface area contributed by atoms with Gasteiger partial charge < -0.3 is 15.2 Å². The van der Waals surface area contributed by atoms with E-state index in [1.165, 1.54) is 31.2 Å². The molecule has 3 nitrogen and oxygen atoms in total. The van der Waals surface area contributed by atoms with Gasteiger partial charge in [-0.3, -0.25) is 0 Å². The highest BCUT2D eigenvalue weighted by Gasteiger charge is 2.31. The fourth-order valence-corrected chi connectivity index (χ4v) is 3.60. The van der Waals surface area contributed by atoms with Crippen LogP contribution in [0.1, 0.15) is 44.1 Å². The number of rotatable bonds is 5. The fourth-order valence-electron chi connectivity index (χ4n) is 3.60. The van der Waals surface area contributed by atoms with E-state index in [0.717, 1.165) is 17.4 Å².